The number of aryl methyl sites for hydroxylation is 2. The average molecular weight is 233 g/mol. The fraction of sp³-hybridized carbons (Fsp3) is 0.308. The lowest BCUT2D eigenvalue weighted by molar-refractivity contribution is 0.629. The molecule has 0 spiro atoms. The molecule has 0 saturated heterocycles. The molecule has 0 bridgehead atoms. The first-order chi connectivity index (χ1) is 7.99. The fourth-order valence-corrected chi connectivity index (χ4v) is 1.90. The second kappa shape index (κ2) is 4.30. The summed E-state index contributed by atoms with van der Waals surface area (Å²) in [5.41, 5.74) is 8.92. The Morgan fingerprint density at radius 3 is 2.59 bits per heavy atom. The van der Waals surface area contributed by atoms with Gasteiger partial charge in [-0.15, -0.1) is 0 Å². The van der Waals surface area contributed by atoms with Crippen molar-refractivity contribution in [2.75, 3.05) is 0 Å². The quantitative estimate of drug-likeness (QED) is 0.866. The first-order valence-corrected chi connectivity index (χ1v) is 5.54. The van der Waals surface area contributed by atoms with Crippen molar-refractivity contribution in [3.63, 3.8) is 0 Å². The summed E-state index contributed by atoms with van der Waals surface area (Å²) in [6, 6.07) is 4.87. The van der Waals surface area contributed by atoms with Gasteiger partial charge in [-0.2, -0.15) is 5.10 Å². The Kier molecular flexibility index (Phi) is 2.98. The predicted molar refractivity (Wildman–Crippen MR) is 65.9 cm³/mol. The van der Waals surface area contributed by atoms with E-state index in [9.17, 15) is 4.39 Å². The molecule has 0 saturated carbocycles. The van der Waals surface area contributed by atoms with Crippen LogP contribution in [0.2, 0.25) is 0 Å². The van der Waals surface area contributed by atoms with Crippen molar-refractivity contribution in [2.24, 2.45) is 12.8 Å². The number of nitrogens with zero attached hydrogens (tertiary/aromatic N) is 2. The molecule has 0 aliphatic carbocycles. The molecule has 2 N–H and O–H groups in total. The van der Waals surface area contributed by atoms with E-state index in [0.29, 0.717) is 5.56 Å². The molecule has 0 fully saturated rings. The fourth-order valence-electron chi connectivity index (χ4n) is 1.90. The van der Waals surface area contributed by atoms with Gasteiger partial charge in [0.2, 0.25) is 0 Å². The second-order valence-corrected chi connectivity index (χ2v) is 4.33. The first kappa shape index (κ1) is 11.8. The van der Waals surface area contributed by atoms with Crippen molar-refractivity contribution in [2.45, 2.75) is 19.9 Å². The van der Waals surface area contributed by atoms with E-state index in [1.54, 1.807) is 16.8 Å². The molecule has 1 heterocycles. The Labute approximate surface area is 100 Å². The highest BCUT2D eigenvalue weighted by molar-refractivity contribution is 5.66. The highest BCUT2D eigenvalue weighted by Crippen LogP contribution is 2.27. The molecule has 2 rings (SSSR count). The van der Waals surface area contributed by atoms with Crippen LogP contribution in [0.25, 0.3) is 11.1 Å². The minimum Gasteiger partial charge on any atom is -0.324 e. The standard InChI is InChI=1S/C13H16FN3/c1-8(15)10-4-5-13(14)11(6-10)12-7-17(3)16-9(12)2/h4-8H,15H2,1-3H3. The van der Waals surface area contributed by atoms with E-state index < -0.39 is 0 Å². The van der Waals surface area contributed by atoms with Crippen molar-refractivity contribution >= 4 is 0 Å². The molecule has 17 heavy (non-hydrogen) atoms. The van der Waals surface area contributed by atoms with Crippen LogP contribution in [-0.2, 0) is 7.05 Å². The van der Waals surface area contributed by atoms with Gasteiger partial charge in [0.1, 0.15) is 5.82 Å². The maximum Gasteiger partial charge on any atom is 0.131 e. The summed E-state index contributed by atoms with van der Waals surface area (Å²) < 4.78 is 15.5. The van der Waals surface area contributed by atoms with E-state index in [0.717, 1.165) is 16.8 Å². The molecule has 3 nitrogen and oxygen atoms in total. The van der Waals surface area contributed by atoms with Gasteiger partial charge < -0.3 is 5.73 Å². The summed E-state index contributed by atoms with van der Waals surface area (Å²) in [4.78, 5) is 0. The molecule has 0 amide bonds. The highest BCUT2D eigenvalue weighted by atomic mass is 19.1. The van der Waals surface area contributed by atoms with Gasteiger partial charge in [-0.3, -0.25) is 4.68 Å². The molecule has 0 aliphatic heterocycles. The number of aromatic nitrogens is 2. The van der Waals surface area contributed by atoms with Gasteiger partial charge in [0.15, 0.2) is 0 Å². The van der Waals surface area contributed by atoms with Crippen molar-refractivity contribution < 1.29 is 4.39 Å². The maximum absolute atomic E-state index is 13.8. The maximum atomic E-state index is 13.8. The Balaban J connectivity index is 2.58. The third-order valence-electron chi connectivity index (χ3n) is 2.82. The molecular weight excluding hydrogens is 217 g/mol. The summed E-state index contributed by atoms with van der Waals surface area (Å²) in [5.74, 6) is -0.245. The Morgan fingerprint density at radius 2 is 2.06 bits per heavy atom. The molecule has 0 aliphatic rings. The lowest BCUT2D eigenvalue weighted by Gasteiger charge is -2.08. The summed E-state index contributed by atoms with van der Waals surface area (Å²) in [6.07, 6.45) is 1.82. The smallest absolute Gasteiger partial charge is 0.131 e. The lowest BCUT2D eigenvalue weighted by atomic mass is 10.0. The van der Waals surface area contributed by atoms with Gasteiger partial charge in [0.25, 0.3) is 0 Å². The molecule has 2 aromatic rings. The molecule has 1 atom stereocenters. The van der Waals surface area contributed by atoms with E-state index in [4.69, 9.17) is 5.73 Å². The molecule has 1 aromatic carbocycles. The second-order valence-electron chi connectivity index (χ2n) is 4.33. The zero-order valence-corrected chi connectivity index (χ0v) is 10.2. The zero-order valence-electron chi connectivity index (χ0n) is 10.2. The number of nitrogens with two attached hydrogens (primary N) is 1. The number of hydrogen-bond acceptors (Lipinski definition) is 2. The third kappa shape index (κ3) is 2.22. The van der Waals surface area contributed by atoms with Gasteiger partial charge >= 0.3 is 0 Å². The van der Waals surface area contributed by atoms with Crippen LogP contribution in [-0.4, -0.2) is 9.78 Å². The van der Waals surface area contributed by atoms with E-state index in [1.165, 1.54) is 6.07 Å². The van der Waals surface area contributed by atoms with Crippen molar-refractivity contribution in [3.8, 4) is 11.1 Å². The van der Waals surface area contributed by atoms with E-state index in [2.05, 4.69) is 5.10 Å². The topological polar surface area (TPSA) is 43.8 Å². The predicted octanol–water partition coefficient (Wildman–Crippen LogP) is 2.55. The molecule has 1 aromatic heterocycles. The normalized spacial score (nSPS) is 12.8. The Morgan fingerprint density at radius 1 is 1.35 bits per heavy atom. The van der Waals surface area contributed by atoms with Gasteiger partial charge in [0.05, 0.1) is 5.69 Å². The van der Waals surface area contributed by atoms with Crippen LogP contribution < -0.4 is 5.73 Å². The van der Waals surface area contributed by atoms with Crippen LogP contribution in [0, 0.1) is 12.7 Å². The van der Waals surface area contributed by atoms with Crippen LogP contribution in [0.1, 0.15) is 24.2 Å². The van der Waals surface area contributed by atoms with Crippen molar-refractivity contribution in [1.29, 1.82) is 0 Å². The largest absolute Gasteiger partial charge is 0.324 e. The van der Waals surface area contributed by atoms with Crippen LogP contribution >= 0.6 is 0 Å². The number of rotatable bonds is 2. The van der Waals surface area contributed by atoms with Crippen molar-refractivity contribution in [1.82, 2.24) is 9.78 Å². The monoisotopic (exact) mass is 233 g/mol. The number of hydrogen-bond donors (Lipinski definition) is 1. The Hall–Kier alpha value is -1.68. The van der Waals surface area contributed by atoms with Gasteiger partial charge in [-0.05, 0) is 31.5 Å². The van der Waals surface area contributed by atoms with Crippen LogP contribution in [0.4, 0.5) is 4.39 Å². The van der Waals surface area contributed by atoms with Crippen molar-refractivity contribution in [3.05, 3.63) is 41.5 Å². The van der Waals surface area contributed by atoms with E-state index in [-0.39, 0.29) is 11.9 Å². The van der Waals surface area contributed by atoms with Crippen LogP contribution in [0.15, 0.2) is 24.4 Å². The van der Waals surface area contributed by atoms with Gasteiger partial charge in [0, 0.05) is 30.4 Å². The summed E-state index contributed by atoms with van der Waals surface area (Å²) >= 11 is 0. The van der Waals surface area contributed by atoms with Gasteiger partial charge in [-0.1, -0.05) is 6.07 Å². The molecule has 90 valence electrons. The van der Waals surface area contributed by atoms with Crippen LogP contribution in [0.3, 0.4) is 0 Å². The SMILES string of the molecule is Cc1nn(C)cc1-c1cc(C(C)N)ccc1F. The summed E-state index contributed by atoms with van der Waals surface area (Å²) in [6.45, 7) is 3.75. The molecule has 1 unspecified atom stereocenters. The molecule has 4 heteroatoms. The van der Waals surface area contributed by atoms with E-state index in [1.807, 2.05) is 27.1 Å². The third-order valence-corrected chi connectivity index (χ3v) is 2.82. The summed E-state index contributed by atoms with van der Waals surface area (Å²) in [5, 5.41) is 4.22. The molecular formula is C13H16FN3. The summed E-state index contributed by atoms with van der Waals surface area (Å²) in [7, 11) is 1.82. The minimum absolute atomic E-state index is 0.105. The lowest BCUT2D eigenvalue weighted by Crippen LogP contribution is -2.05. The number of benzene rings is 1. The zero-order chi connectivity index (χ0) is 12.6. The van der Waals surface area contributed by atoms with Gasteiger partial charge in [-0.25, -0.2) is 4.39 Å². The Bertz CT molecular complexity index is 544. The average Bonchev–Trinajstić information content (AvgIpc) is 2.58. The number of halogens is 1. The molecule has 0 radical (unpaired) electrons. The highest BCUT2D eigenvalue weighted by Gasteiger charge is 2.12. The van der Waals surface area contributed by atoms with E-state index >= 15 is 0 Å². The first-order valence-electron chi connectivity index (χ1n) is 5.54. The van der Waals surface area contributed by atoms with Crippen LogP contribution in [0.5, 0.6) is 0 Å². The minimum atomic E-state index is -0.245.